The van der Waals surface area contributed by atoms with Gasteiger partial charge in [0.1, 0.15) is 0 Å². The van der Waals surface area contributed by atoms with Crippen molar-refractivity contribution in [1.29, 1.82) is 0 Å². The lowest BCUT2D eigenvalue weighted by atomic mass is 9.82. The summed E-state index contributed by atoms with van der Waals surface area (Å²) >= 11 is 0. The molecule has 3 rings (SSSR count). The Bertz CT molecular complexity index is 431. The summed E-state index contributed by atoms with van der Waals surface area (Å²) in [5.74, 6) is 2.85. The summed E-state index contributed by atoms with van der Waals surface area (Å²) in [6.45, 7) is 4.13. The summed E-state index contributed by atoms with van der Waals surface area (Å²) in [7, 11) is 1.89. The standard InChI is InChI=1S/C15H25N5.HI/c1-16-15(17-8-10-20-9-4-7-18-20)19-11-13-5-2-3-6-14(13)12-19;/h4,7,9,13-14H,2-3,5-6,8,10-12H2,1H3,(H,16,17);1H. The van der Waals surface area contributed by atoms with Gasteiger partial charge in [0.15, 0.2) is 5.96 Å². The molecule has 1 aromatic rings. The quantitative estimate of drug-likeness (QED) is 0.478. The molecular weight excluding hydrogens is 377 g/mol. The molecule has 118 valence electrons. The van der Waals surface area contributed by atoms with E-state index in [4.69, 9.17) is 0 Å². The maximum absolute atomic E-state index is 4.45. The minimum atomic E-state index is 0. The largest absolute Gasteiger partial charge is 0.354 e. The number of hydrogen-bond acceptors (Lipinski definition) is 2. The molecule has 2 unspecified atom stereocenters. The lowest BCUT2D eigenvalue weighted by molar-refractivity contribution is 0.299. The second-order valence-electron chi connectivity index (χ2n) is 5.95. The van der Waals surface area contributed by atoms with Gasteiger partial charge in [-0.15, -0.1) is 24.0 Å². The molecule has 0 amide bonds. The molecule has 2 atom stereocenters. The number of fused-ring (bicyclic) bond motifs is 1. The van der Waals surface area contributed by atoms with Crippen molar-refractivity contribution >= 4 is 29.9 Å². The maximum Gasteiger partial charge on any atom is 0.193 e. The number of halogens is 1. The zero-order valence-corrected chi connectivity index (χ0v) is 15.1. The van der Waals surface area contributed by atoms with Gasteiger partial charge in [-0.05, 0) is 30.7 Å². The van der Waals surface area contributed by atoms with Crippen LogP contribution in [0.4, 0.5) is 0 Å². The van der Waals surface area contributed by atoms with Crippen LogP contribution in [0.25, 0.3) is 0 Å². The molecule has 1 aliphatic carbocycles. The SMILES string of the molecule is CN=C(NCCn1cccn1)N1CC2CCCCC2C1.I. The molecule has 1 aliphatic heterocycles. The van der Waals surface area contributed by atoms with Gasteiger partial charge >= 0.3 is 0 Å². The summed E-state index contributed by atoms with van der Waals surface area (Å²) in [6, 6.07) is 1.96. The number of rotatable bonds is 3. The Morgan fingerprint density at radius 1 is 1.29 bits per heavy atom. The van der Waals surface area contributed by atoms with Gasteiger partial charge in [0, 0.05) is 39.1 Å². The number of aliphatic imine (C=N–C) groups is 1. The minimum Gasteiger partial charge on any atom is -0.354 e. The maximum atomic E-state index is 4.45. The Morgan fingerprint density at radius 2 is 2.00 bits per heavy atom. The van der Waals surface area contributed by atoms with Crippen molar-refractivity contribution in [3.05, 3.63) is 18.5 Å². The van der Waals surface area contributed by atoms with Crippen LogP contribution in [0.5, 0.6) is 0 Å². The van der Waals surface area contributed by atoms with Gasteiger partial charge in [-0.2, -0.15) is 5.10 Å². The highest BCUT2D eigenvalue weighted by Crippen LogP contribution is 2.35. The van der Waals surface area contributed by atoms with Crippen LogP contribution in [0.1, 0.15) is 25.7 Å². The van der Waals surface area contributed by atoms with Gasteiger partial charge in [0.05, 0.1) is 6.54 Å². The zero-order chi connectivity index (χ0) is 13.8. The summed E-state index contributed by atoms with van der Waals surface area (Å²) in [4.78, 5) is 6.90. The molecule has 6 heteroatoms. The third-order valence-corrected chi connectivity index (χ3v) is 4.67. The van der Waals surface area contributed by atoms with Crippen molar-refractivity contribution in [3.8, 4) is 0 Å². The van der Waals surface area contributed by atoms with E-state index in [0.717, 1.165) is 30.9 Å². The molecule has 2 aliphatic rings. The van der Waals surface area contributed by atoms with Crippen LogP contribution in [0.15, 0.2) is 23.5 Å². The molecule has 0 radical (unpaired) electrons. The summed E-state index contributed by atoms with van der Waals surface area (Å²) < 4.78 is 1.95. The number of hydrogen-bond donors (Lipinski definition) is 1. The first kappa shape index (κ1) is 16.6. The van der Waals surface area contributed by atoms with Gasteiger partial charge in [-0.25, -0.2) is 0 Å². The van der Waals surface area contributed by atoms with Crippen LogP contribution < -0.4 is 5.32 Å². The van der Waals surface area contributed by atoms with E-state index in [1.807, 2.05) is 30.2 Å². The van der Waals surface area contributed by atoms with Crippen molar-refractivity contribution in [2.24, 2.45) is 16.8 Å². The lowest BCUT2D eigenvalue weighted by Gasteiger charge is -2.22. The topological polar surface area (TPSA) is 45.5 Å². The van der Waals surface area contributed by atoms with E-state index in [0.29, 0.717) is 0 Å². The minimum absolute atomic E-state index is 0. The normalized spacial score (nSPS) is 25.4. The van der Waals surface area contributed by atoms with Crippen molar-refractivity contribution in [3.63, 3.8) is 0 Å². The summed E-state index contributed by atoms with van der Waals surface area (Å²) in [5, 5.41) is 7.69. The monoisotopic (exact) mass is 403 g/mol. The average Bonchev–Trinajstić information content (AvgIpc) is 3.12. The first-order valence-corrected chi connectivity index (χ1v) is 7.80. The first-order chi connectivity index (χ1) is 9.86. The number of aromatic nitrogens is 2. The van der Waals surface area contributed by atoms with Crippen LogP contribution in [0, 0.1) is 11.8 Å². The molecule has 2 heterocycles. The van der Waals surface area contributed by atoms with Crippen LogP contribution >= 0.6 is 24.0 Å². The van der Waals surface area contributed by atoms with E-state index >= 15 is 0 Å². The van der Waals surface area contributed by atoms with E-state index in [9.17, 15) is 0 Å². The predicted octanol–water partition coefficient (Wildman–Crippen LogP) is 2.20. The molecule has 1 aromatic heterocycles. The summed E-state index contributed by atoms with van der Waals surface area (Å²) in [6.07, 6.45) is 9.46. The van der Waals surface area contributed by atoms with Gasteiger partial charge in [-0.3, -0.25) is 9.67 Å². The fourth-order valence-corrected chi connectivity index (χ4v) is 3.63. The fourth-order valence-electron chi connectivity index (χ4n) is 3.63. The predicted molar refractivity (Wildman–Crippen MR) is 96.0 cm³/mol. The van der Waals surface area contributed by atoms with E-state index < -0.39 is 0 Å². The number of nitrogens with zero attached hydrogens (tertiary/aromatic N) is 4. The van der Waals surface area contributed by atoms with Crippen molar-refractivity contribution in [2.45, 2.75) is 32.2 Å². The highest BCUT2D eigenvalue weighted by atomic mass is 127. The molecule has 1 saturated heterocycles. The number of guanidine groups is 1. The van der Waals surface area contributed by atoms with Crippen LogP contribution in [-0.4, -0.2) is 47.3 Å². The molecule has 5 nitrogen and oxygen atoms in total. The molecule has 0 spiro atoms. The van der Waals surface area contributed by atoms with Gasteiger partial charge in [0.25, 0.3) is 0 Å². The third-order valence-electron chi connectivity index (χ3n) is 4.67. The van der Waals surface area contributed by atoms with Gasteiger partial charge in [0.2, 0.25) is 0 Å². The Hall–Kier alpha value is -0.790. The Morgan fingerprint density at radius 3 is 2.57 bits per heavy atom. The van der Waals surface area contributed by atoms with Gasteiger partial charge in [-0.1, -0.05) is 12.8 Å². The van der Waals surface area contributed by atoms with Crippen molar-refractivity contribution in [1.82, 2.24) is 20.0 Å². The Balaban J connectivity index is 0.00000161. The zero-order valence-electron chi connectivity index (χ0n) is 12.7. The molecular formula is C15H26IN5. The van der Waals surface area contributed by atoms with E-state index in [2.05, 4.69) is 20.3 Å². The Labute approximate surface area is 144 Å². The molecule has 0 aromatic carbocycles. The molecule has 0 bridgehead atoms. The average molecular weight is 403 g/mol. The Kier molecular flexibility index (Phi) is 6.32. The van der Waals surface area contributed by atoms with E-state index in [-0.39, 0.29) is 24.0 Å². The van der Waals surface area contributed by atoms with Crippen LogP contribution in [0.3, 0.4) is 0 Å². The second-order valence-corrected chi connectivity index (χ2v) is 5.95. The lowest BCUT2D eigenvalue weighted by Crippen LogP contribution is -2.41. The number of nitrogens with one attached hydrogen (secondary N) is 1. The van der Waals surface area contributed by atoms with E-state index in [1.54, 1.807) is 0 Å². The van der Waals surface area contributed by atoms with Crippen LogP contribution in [-0.2, 0) is 6.54 Å². The highest BCUT2D eigenvalue weighted by Gasteiger charge is 2.35. The molecule has 1 N–H and O–H groups in total. The highest BCUT2D eigenvalue weighted by molar-refractivity contribution is 14.0. The first-order valence-electron chi connectivity index (χ1n) is 7.80. The fraction of sp³-hybridized carbons (Fsp3) is 0.733. The summed E-state index contributed by atoms with van der Waals surface area (Å²) in [5.41, 5.74) is 0. The van der Waals surface area contributed by atoms with Crippen molar-refractivity contribution < 1.29 is 0 Å². The smallest absolute Gasteiger partial charge is 0.193 e. The third kappa shape index (κ3) is 4.11. The van der Waals surface area contributed by atoms with E-state index in [1.165, 1.54) is 38.8 Å². The van der Waals surface area contributed by atoms with Crippen LogP contribution in [0.2, 0.25) is 0 Å². The van der Waals surface area contributed by atoms with Gasteiger partial charge < -0.3 is 10.2 Å². The number of likely N-dealkylation sites (tertiary alicyclic amines) is 1. The molecule has 1 saturated carbocycles. The second kappa shape index (κ2) is 8.00. The molecule has 2 fully saturated rings. The van der Waals surface area contributed by atoms with Crippen molar-refractivity contribution in [2.75, 3.05) is 26.7 Å². The molecule has 21 heavy (non-hydrogen) atoms.